The molecule has 0 unspecified atom stereocenters. The Morgan fingerprint density at radius 3 is 2.26 bits per heavy atom. The van der Waals surface area contributed by atoms with E-state index in [1.807, 2.05) is 59.7 Å². The molecule has 0 aliphatic heterocycles. The van der Waals surface area contributed by atoms with Crippen LogP contribution in [0.15, 0.2) is 78.7 Å². The van der Waals surface area contributed by atoms with Gasteiger partial charge in [0.05, 0.1) is 6.54 Å². The van der Waals surface area contributed by atoms with Gasteiger partial charge in [0, 0.05) is 23.5 Å². The van der Waals surface area contributed by atoms with Gasteiger partial charge in [0.15, 0.2) is 0 Å². The first-order valence-corrected chi connectivity index (χ1v) is 11.2. The third-order valence-corrected chi connectivity index (χ3v) is 6.14. The van der Waals surface area contributed by atoms with E-state index in [1.54, 1.807) is 34.4 Å². The van der Waals surface area contributed by atoms with Crippen LogP contribution in [0.3, 0.4) is 0 Å². The number of benzene rings is 2. The summed E-state index contributed by atoms with van der Waals surface area (Å²) in [6.45, 7) is 9.15. The first kappa shape index (κ1) is 22.5. The zero-order valence-electron chi connectivity index (χ0n) is 18.1. The smallest absolute Gasteiger partial charge is 0.254 e. The fraction of sp³-hybridized carbons (Fsp3) is 0.231. The minimum atomic E-state index is -0.166. The molecule has 5 heteroatoms. The zero-order chi connectivity index (χ0) is 22.2. The molecule has 0 N–H and O–H groups in total. The topological polar surface area (TPSA) is 40.6 Å². The van der Waals surface area contributed by atoms with Gasteiger partial charge >= 0.3 is 0 Å². The number of aryl methyl sites for hydroxylation is 2. The Morgan fingerprint density at radius 2 is 1.65 bits per heavy atom. The summed E-state index contributed by atoms with van der Waals surface area (Å²) in [5, 5.41) is 2.04. The molecule has 0 bridgehead atoms. The van der Waals surface area contributed by atoms with E-state index in [0.717, 1.165) is 16.0 Å². The molecular formula is C26H28N2O2S. The molecule has 0 aliphatic carbocycles. The molecule has 0 fully saturated rings. The lowest BCUT2D eigenvalue weighted by atomic mass is 10.1. The highest BCUT2D eigenvalue weighted by molar-refractivity contribution is 7.10. The second-order valence-electron chi connectivity index (χ2n) is 7.60. The van der Waals surface area contributed by atoms with Crippen molar-refractivity contribution in [1.82, 2.24) is 9.80 Å². The highest BCUT2D eigenvalue weighted by Gasteiger charge is 2.22. The predicted molar refractivity (Wildman–Crippen MR) is 127 cm³/mol. The summed E-state index contributed by atoms with van der Waals surface area (Å²) in [5.41, 5.74) is 3.90. The van der Waals surface area contributed by atoms with Crippen molar-refractivity contribution in [2.75, 3.05) is 13.1 Å². The van der Waals surface area contributed by atoms with E-state index in [4.69, 9.17) is 0 Å². The van der Waals surface area contributed by atoms with Crippen LogP contribution in [-0.4, -0.2) is 34.7 Å². The van der Waals surface area contributed by atoms with Crippen LogP contribution in [0.2, 0.25) is 0 Å². The summed E-state index contributed by atoms with van der Waals surface area (Å²) in [7, 11) is 0. The Hall–Kier alpha value is -3.18. The maximum absolute atomic E-state index is 13.4. The van der Waals surface area contributed by atoms with Gasteiger partial charge in [-0.2, -0.15) is 0 Å². The minimum Gasteiger partial charge on any atom is -0.332 e. The molecule has 0 radical (unpaired) electrons. The maximum atomic E-state index is 13.4. The van der Waals surface area contributed by atoms with Crippen molar-refractivity contribution < 1.29 is 9.59 Å². The van der Waals surface area contributed by atoms with Crippen LogP contribution in [0.25, 0.3) is 0 Å². The highest BCUT2D eigenvalue weighted by atomic mass is 32.1. The molecule has 0 spiro atoms. The highest BCUT2D eigenvalue weighted by Crippen LogP contribution is 2.20. The van der Waals surface area contributed by atoms with E-state index in [-0.39, 0.29) is 18.4 Å². The number of carbonyl (C=O) groups is 2. The van der Waals surface area contributed by atoms with Crippen molar-refractivity contribution in [3.05, 3.63) is 106 Å². The Labute approximate surface area is 188 Å². The second kappa shape index (κ2) is 10.7. The van der Waals surface area contributed by atoms with Gasteiger partial charge in [0.2, 0.25) is 5.91 Å². The van der Waals surface area contributed by atoms with Crippen molar-refractivity contribution in [3.63, 3.8) is 0 Å². The van der Waals surface area contributed by atoms with Crippen molar-refractivity contribution in [2.24, 2.45) is 0 Å². The van der Waals surface area contributed by atoms with E-state index in [2.05, 4.69) is 19.6 Å². The zero-order valence-corrected chi connectivity index (χ0v) is 18.9. The second-order valence-corrected chi connectivity index (χ2v) is 8.60. The predicted octanol–water partition coefficient (Wildman–Crippen LogP) is 5.22. The molecule has 0 aliphatic rings. The lowest BCUT2D eigenvalue weighted by Crippen LogP contribution is -2.42. The monoisotopic (exact) mass is 432 g/mol. The fourth-order valence-corrected chi connectivity index (χ4v) is 4.21. The Kier molecular flexibility index (Phi) is 7.79. The fourth-order valence-electron chi connectivity index (χ4n) is 3.29. The maximum Gasteiger partial charge on any atom is 0.254 e. The van der Waals surface area contributed by atoms with Crippen LogP contribution >= 0.6 is 11.3 Å². The van der Waals surface area contributed by atoms with E-state index in [1.165, 1.54) is 5.56 Å². The first-order chi connectivity index (χ1) is 15.0. The molecule has 3 rings (SSSR count). The summed E-state index contributed by atoms with van der Waals surface area (Å²) in [4.78, 5) is 30.9. The molecule has 2 aromatic carbocycles. The third-order valence-electron chi connectivity index (χ3n) is 5.13. The summed E-state index contributed by atoms with van der Waals surface area (Å²) in [5.74, 6) is -0.251. The molecule has 0 saturated carbocycles. The average Bonchev–Trinajstić information content (AvgIpc) is 3.18. The van der Waals surface area contributed by atoms with Gasteiger partial charge in [-0.1, -0.05) is 54.1 Å². The lowest BCUT2D eigenvalue weighted by Gasteiger charge is -2.27. The molecule has 31 heavy (non-hydrogen) atoms. The molecule has 1 heterocycles. The van der Waals surface area contributed by atoms with Crippen LogP contribution in [0.4, 0.5) is 0 Å². The Bertz CT molecular complexity index is 1030. The molecule has 2 amide bonds. The van der Waals surface area contributed by atoms with Crippen molar-refractivity contribution in [2.45, 2.75) is 26.9 Å². The number of hydrogen-bond acceptors (Lipinski definition) is 3. The number of nitrogens with zero attached hydrogens (tertiary/aromatic N) is 2. The molecule has 3 aromatic rings. The molecule has 0 saturated heterocycles. The van der Waals surface area contributed by atoms with Crippen LogP contribution in [0.1, 0.15) is 31.9 Å². The van der Waals surface area contributed by atoms with Crippen molar-refractivity contribution in [3.8, 4) is 0 Å². The lowest BCUT2D eigenvalue weighted by molar-refractivity contribution is -0.133. The molecule has 160 valence electrons. The molecule has 0 atom stereocenters. The summed E-state index contributed by atoms with van der Waals surface area (Å²) < 4.78 is 0. The van der Waals surface area contributed by atoms with Gasteiger partial charge in [-0.15, -0.1) is 17.9 Å². The van der Waals surface area contributed by atoms with E-state index in [9.17, 15) is 9.59 Å². The van der Waals surface area contributed by atoms with Gasteiger partial charge in [-0.05, 0) is 48.6 Å². The normalized spacial score (nSPS) is 10.5. The van der Waals surface area contributed by atoms with Crippen molar-refractivity contribution >= 4 is 23.2 Å². The van der Waals surface area contributed by atoms with Gasteiger partial charge < -0.3 is 9.80 Å². The standard InChI is InChI=1S/C26H28N2O2S/c1-4-15-27(26(30)23-12-10-20(2)11-13-23)19-25(29)28(17-22-8-6-5-7-9-22)18-24-21(3)14-16-31-24/h4-14,16H,1,15,17-19H2,2-3H3. The van der Waals surface area contributed by atoms with Crippen molar-refractivity contribution in [1.29, 1.82) is 0 Å². The van der Waals surface area contributed by atoms with Gasteiger partial charge in [-0.25, -0.2) is 0 Å². The van der Waals surface area contributed by atoms with Gasteiger partial charge in [-0.3, -0.25) is 9.59 Å². The number of carbonyl (C=O) groups excluding carboxylic acids is 2. The third kappa shape index (κ3) is 6.15. The first-order valence-electron chi connectivity index (χ1n) is 10.3. The summed E-state index contributed by atoms with van der Waals surface area (Å²) in [6, 6.07) is 19.4. The van der Waals surface area contributed by atoms with Gasteiger partial charge in [0.25, 0.3) is 5.91 Å². The quantitative estimate of drug-likeness (QED) is 0.435. The summed E-state index contributed by atoms with van der Waals surface area (Å²) in [6.07, 6.45) is 1.66. The Balaban J connectivity index is 1.80. The largest absolute Gasteiger partial charge is 0.332 e. The van der Waals surface area contributed by atoms with E-state index < -0.39 is 0 Å². The number of hydrogen-bond donors (Lipinski definition) is 0. The average molecular weight is 433 g/mol. The van der Waals surface area contributed by atoms with Crippen LogP contribution in [0.5, 0.6) is 0 Å². The molecular weight excluding hydrogens is 404 g/mol. The SMILES string of the molecule is C=CCN(CC(=O)N(Cc1ccccc1)Cc1sccc1C)C(=O)c1ccc(C)cc1. The van der Waals surface area contributed by atoms with Crippen LogP contribution in [-0.2, 0) is 17.9 Å². The minimum absolute atomic E-state index is 0.00991. The number of rotatable bonds is 9. The van der Waals surface area contributed by atoms with Crippen LogP contribution < -0.4 is 0 Å². The molecule has 1 aromatic heterocycles. The molecule has 4 nitrogen and oxygen atoms in total. The number of amides is 2. The van der Waals surface area contributed by atoms with Gasteiger partial charge in [0.1, 0.15) is 6.54 Å². The van der Waals surface area contributed by atoms with E-state index in [0.29, 0.717) is 25.2 Å². The Morgan fingerprint density at radius 1 is 0.935 bits per heavy atom. The van der Waals surface area contributed by atoms with Crippen LogP contribution in [0, 0.1) is 13.8 Å². The van der Waals surface area contributed by atoms with E-state index >= 15 is 0 Å². The number of thiophene rings is 1. The summed E-state index contributed by atoms with van der Waals surface area (Å²) >= 11 is 1.65.